The quantitative estimate of drug-likeness (QED) is 0.797. The molecule has 3 aromatic rings. The van der Waals surface area contributed by atoms with Crippen molar-refractivity contribution in [2.45, 2.75) is 18.9 Å². The smallest absolute Gasteiger partial charge is 0.231 e. The van der Waals surface area contributed by atoms with E-state index in [1.807, 2.05) is 60.2 Å². The van der Waals surface area contributed by atoms with E-state index in [2.05, 4.69) is 16.4 Å². The highest BCUT2D eigenvalue weighted by Gasteiger charge is 2.30. The zero-order chi connectivity index (χ0) is 17.2. The number of carbonyl (C=O) groups is 1. The number of aromatic nitrogens is 2. The second-order valence-electron chi connectivity index (χ2n) is 6.20. The van der Waals surface area contributed by atoms with Crippen LogP contribution in [0.4, 0.5) is 0 Å². The Kier molecular flexibility index (Phi) is 3.98. The zero-order valence-electron chi connectivity index (χ0n) is 13.9. The normalized spacial score (nSPS) is 16.8. The van der Waals surface area contributed by atoms with Gasteiger partial charge in [0.2, 0.25) is 5.91 Å². The Balaban J connectivity index is 1.50. The molecule has 5 nitrogen and oxygen atoms in total. The highest BCUT2D eigenvalue weighted by molar-refractivity contribution is 5.85. The molecule has 0 saturated heterocycles. The molecule has 4 rings (SSSR count). The minimum absolute atomic E-state index is 0.00881. The van der Waals surface area contributed by atoms with Gasteiger partial charge in [0.25, 0.3) is 0 Å². The van der Waals surface area contributed by atoms with Crippen molar-refractivity contribution in [1.82, 2.24) is 14.9 Å². The summed E-state index contributed by atoms with van der Waals surface area (Å²) in [5.74, 6) is 0.540. The van der Waals surface area contributed by atoms with E-state index in [1.54, 1.807) is 12.5 Å². The molecule has 2 heterocycles. The van der Waals surface area contributed by atoms with Gasteiger partial charge in [-0.1, -0.05) is 30.3 Å². The van der Waals surface area contributed by atoms with Crippen molar-refractivity contribution in [2.75, 3.05) is 6.61 Å². The molecule has 0 fully saturated rings. The number of nitrogens with zero attached hydrogens (tertiary/aromatic N) is 2. The second-order valence-corrected chi connectivity index (χ2v) is 6.20. The van der Waals surface area contributed by atoms with Gasteiger partial charge in [0.1, 0.15) is 18.3 Å². The first kappa shape index (κ1) is 15.4. The number of benzene rings is 2. The van der Waals surface area contributed by atoms with Gasteiger partial charge in [-0.3, -0.25) is 4.79 Å². The van der Waals surface area contributed by atoms with Crippen molar-refractivity contribution in [3.8, 4) is 11.4 Å². The maximum Gasteiger partial charge on any atom is 0.231 e. The van der Waals surface area contributed by atoms with Crippen LogP contribution in [0.5, 0.6) is 5.75 Å². The maximum atomic E-state index is 12.7. The lowest BCUT2D eigenvalue weighted by molar-refractivity contribution is -0.123. The van der Waals surface area contributed by atoms with Crippen LogP contribution in [0.2, 0.25) is 0 Å². The van der Waals surface area contributed by atoms with Gasteiger partial charge < -0.3 is 14.6 Å². The minimum Gasteiger partial charge on any atom is -0.492 e. The van der Waals surface area contributed by atoms with Crippen LogP contribution in [0.25, 0.3) is 5.69 Å². The summed E-state index contributed by atoms with van der Waals surface area (Å²) in [4.78, 5) is 16.8. The lowest BCUT2D eigenvalue weighted by atomic mass is 9.99. The summed E-state index contributed by atoms with van der Waals surface area (Å²) < 4.78 is 7.56. The average molecular weight is 333 g/mol. The van der Waals surface area contributed by atoms with Crippen LogP contribution >= 0.6 is 0 Å². The molecule has 2 atom stereocenters. The fourth-order valence-electron chi connectivity index (χ4n) is 3.14. The number of hydrogen-bond donors (Lipinski definition) is 1. The van der Waals surface area contributed by atoms with Crippen molar-refractivity contribution in [2.24, 2.45) is 0 Å². The van der Waals surface area contributed by atoms with Crippen LogP contribution in [-0.2, 0) is 4.79 Å². The molecule has 1 N–H and O–H groups in total. The molecule has 0 radical (unpaired) electrons. The van der Waals surface area contributed by atoms with E-state index in [4.69, 9.17) is 4.74 Å². The van der Waals surface area contributed by atoms with Crippen LogP contribution in [0.1, 0.15) is 30.0 Å². The Bertz CT molecular complexity index is 889. The number of imidazole rings is 1. The summed E-state index contributed by atoms with van der Waals surface area (Å²) in [6, 6.07) is 15.7. The summed E-state index contributed by atoms with van der Waals surface area (Å²) in [7, 11) is 0. The van der Waals surface area contributed by atoms with Gasteiger partial charge in [0.05, 0.1) is 12.4 Å². The maximum absolute atomic E-state index is 12.7. The first-order chi connectivity index (χ1) is 12.2. The van der Waals surface area contributed by atoms with Crippen molar-refractivity contribution >= 4 is 5.91 Å². The summed E-state index contributed by atoms with van der Waals surface area (Å²) in [6.07, 6.45) is 5.40. The summed E-state index contributed by atoms with van der Waals surface area (Å²) in [5, 5.41) is 3.11. The molecule has 1 aromatic heterocycles. The molecule has 2 aromatic carbocycles. The summed E-state index contributed by atoms with van der Waals surface area (Å²) in [5.41, 5.74) is 3.02. The number of hydrogen-bond acceptors (Lipinski definition) is 3. The zero-order valence-corrected chi connectivity index (χ0v) is 13.9. The van der Waals surface area contributed by atoms with Crippen LogP contribution in [-0.4, -0.2) is 22.1 Å². The van der Waals surface area contributed by atoms with Gasteiger partial charge in [0, 0.05) is 23.6 Å². The average Bonchev–Trinajstić information content (AvgIpc) is 3.31. The molecule has 0 bridgehead atoms. The summed E-state index contributed by atoms with van der Waals surface area (Å²) >= 11 is 0. The molecule has 5 heteroatoms. The van der Waals surface area contributed by atoms with E-state index < -0.39 is 0 Å². The van der Waals surface area contributed by atoms with Crippen molar-refractivity contribution in [3.05, 3.63) is 78.4 Å². The van der Waals surface area contributed by atoms with Crippen LogP contribution in [0, 0.1) is 0 Å². The fraction of sp³-hybridized carbons (Fsp3) is 0.200. The number of fused-ring (bicyclic) bond motifs is 1. The lowest BCUT2D eigenvalue weighted by Crippen LogP contribution is -2.32. The third kappa shape index (κ3) is 3.01. The molecule has 126 valence electrons. The first-order valence-corrected chi connectivity index (χ1v) is 8.33. The van der Waals surface area contributed by atoms with E-state index in [0.717, 1.165) is 22.6 Å². The van der Waals surface area contributed by atoms with E-state index in [1.165, 1.54) is 0 Å². The highest BCUT2D eigenvalue weighted by Crippen LogP contribution is 2.34. The van der Waals surface area contributed by atoms with Gasteiger partial charge in [-0.05, 0) is 30.7 Å². The van der Waals surface area contributed by atoms with Crippen molar-refractivity contribution in [1.29, 1.82) is 0 Å². The largest absolute Gasteiger partial charge is 0.492 e. The Hall–Kier alpha value is -3.08. The Morgan fingerprint density at radius 1 is 1.28 bits per heavy atom. The van der Waals surface area contributed by atoms with Gasteiger partial charge in [-0.2, -0.15) is 0 Å². The molecule has 0 spiro atoms. The molecule has 1 aliphatic rings. The molecule has 0 aliphatic carbocycles. The number of para-hydroxylation sites is 1. The van der Waals surface area contributed by atoms with E-state index in [0.29, 0.717) is 6.61 Å². The van der Waals surface area contributed by atoms with Gasteiger partial charge in [0.15, 0.2) is 0 Å². The molecule has 1 amide bonds. The van der Waals surface area contributed by atoms with Gasteiger partial charge in [-0.15, -0.1) is 0 Å². The first-order valence-electron chi connectivity index (χ1n) is 8.33. The number of carbonyl (C=O) groups excluding carboxylic acids is 1. The number of rotatable bonds is 4. The predicted octanol–water partition coefficient (Wildman–Crippen LogP) is 3.23. The third-order valence-electron chi connectivity index (χ3n) is 4.55. The second kappa shape index (κ2) is 6.43. The molecule has 25 heavy (non-hydrogen) atoms. The molecule has 0 saturated carbocycles. The standard InChI is InChI=1S/C20H19N3O2/c1-14(15-5-4-6-16(11-15)23-10-9-21-13-23)22-20(24)18-12-25-19-8-3-2-7-17(18)19/h2-11,13-14,18H,12H2,1H3,(H,22,24)/t14-,18+/m0/s1. The number of amides is 1. The lowest BCUT2D eigenvalue weighted by Gasteiger charge is -2.18. The van der Waals surface area contributed by atoms with Gasteiger partial charge >= 0.3 is 0 Å². The Morgan fingerprint density at radius 2 is 2.16 bits per heavy atom. The number of nitrogens with one attached hydrogen (secondary N) is 1. The molecular weight excluding hydrogens is 314 g/mol. The van der Waals surface area contributed by atoms with Crippen LogP contribution in [0.15, 0.2) is 67.3 Å². The third-order valence-corrected chi connectivity index (χ3v) is 4.55. The number of ether oxygens (including phenoxy) is 1. The van der Waals surface area contributed by atoms with E-state index in [9.17, 15) is 4.79 Å². The van der Waals surface area contributed by atoms with Crippen molar-refractivity contribution in [3.63, 3.8) is 0 Å². The molecule has 0 unspecified atom stereocenters. The van der Waals surface area contributed by atoms with E-state index >= 15 is 0 Å². The van der Waals surface area contributed by atoms with Crippen LogP contribution in [0.3, 0.4) is 0 Å². The van der Waals surface area contributed by atoms with Crippen LogP contribution < -0.4 is 10.1 Å². The molecular formula is C20H19N3O2. The van der Waals surface area contributed by atoms with Crippen molar-refractivity contribution < 1.29 is 9.53 Å². The molecule has 1 aliphatic heterocycles. The predicted molar refractivity (Wildman–Crippen MR) is 94.8 cm³/mol. The Morgan fingerprint density at radius 3 is 3.00 bits per heavy atom. The minimum atomic E-state index is -0.254. The Labute approximate surface area is 146 Å². The topological polar surface area (TPSA) is 56.1 Å². The fourth-order valence-corrected chi connectivity index (χ4v) is 3.14. The van der Waals surface area contributed by atoms with E-state index in [-0.39, 0.29) is 17.9 Å². The SMILES string of the molecule is C[C@H](NC(=O)[C@@H]1COc2ccccc21)c1cccc(-n2ccnc2)c1. The monoisotopic (exact) mass is 333 g/mol. The van der Waals surface area contributed by atoms with Gasteiger partial charge in [-0.25, -0.2) is 4.98 Å². The summed E-state index contributed by atoms with van der Waals surface area (Å²) in [6.45, 7) is 2.39. The highest BCUT2D eigenvalue weighted by atomic mass is 16.5.